The second kappa shape index (κ2) is 10.8. The number of imide groups is 1. The van der Waals surface area contributed by atoms with Crippen LogP contribution in [0.15, 0.2) is 34.2 Å². The quantitative estimate of drug-likeness (QED) is 0.432. The molecule has 0 aliphatic heterocycles. The second-order valence-corrected chi connectivity index (χ2v) is 7.66. The van der Waals surface area contributed by atoms with E-state index < -0.39 is 11.9 Å². The predicted molar refractivity (Wildman–Crippen MR) is 109 cm³/mol. The van der Waals surface area contributed by atoms with Gasteiger partial charge in [-0.1, -0.05) is 37.7 Å². The summed E-state index contributed by atoms with van der Waals surface area (Å²) in [6, 6.07) is 6.45. The number of nitrogens with one attached hydrogen (secondary N) is 2. The number of aliphatic hydroxyl groups is 1. The number of amides is 3. The van der Waals surface area contributed by atoms with Crippen molar-refractivity contribution in [3.05, 3.63) is 34.6 Å². The van der Waals surface area contributed by atoms with Crippen LogP contribution >= 0.6 is 11.8 Å². The number of aromatic nitrogens is 2. The highest BCUT2D eigenvalue weighted by Crippen LogP contribution is 2.18. The lowest BCUT2D eigenvalue weighted by atomic mass is 10.1. The topological polar surface area (TPSA) is 113 Å². The van der Waals surface area contributed by atoms with Gasteiger partial charge in [0.25, 0.3) is 5.56 Å². The maximum Gasteiger partial charge on any atom is 0.321 e. The van der Waals surface area contributed by atoms with Gasteiger partial charge < -0.3 is 10.4 Å². The average Bonchev–Trinajstić information content (AvgIpc) is 2.65. The van der Waals surface area contributed by atoms with E-state index in [1.807, 2.05) is 13.8 Å². The van der Waals surface area contributed by atoms with Crippen LogP contribution in [0, 0.1) is 5.92 Å². The minimum atomic E-state index is -0.532. The van der Waals surface area contributed by atoms with Crippen LogP contribution in [0.3, 0.4) is 0 Å². The average molecular weight is 407 g/mol. The maximum atomic E-state index is 12.7. The van der Waals surface area contributed by atoms with Gasteiger partial charge in [-0.2, -0.15) is 0 Å². The Bertz CT molecular complexity index is 882. The van der Waals surface area contributed by atoms with E-state index >= 15 is 0 Å². The molecule has 0 aliphatic carbocycles. The maximum absolute atomic E-state index is 12.7. The van der Waals surface area contributed by atoms with Crippen LogP contribution in [0.25, 0.3) is 10.9 Å². The van der Waals surface area contributed by atoms with E-state index in [-0.39, 0.29) is 17.9 Å². The van der Waals surface area contributed by atoms with Gasteiger partial charge in [0.15, 0.2) is 5.16 Å². The summed E-state index contributed by atoms with van der Waals surface area (Å²) in [5.74, 6) is -0.0639. The van der Waals surface area contributed by atoms with E-state index in [2.05, 4.69) is 15.6 Å². The minimum Gasteiger partial charge on any atom is -0.396 e. The largest absolute Gasteiger partial charge is 0.396 e. The zero-order valence-electron chi connectivity index (χ0n) is 16.1. The fourth-order valence-electron chi connectivity index (χ4n) is 2.50. The molecule has 0 saturated heterocycles. The van der Waals surface area contributed by atoms with Crippen molar-refractivity contribution in [1.29, 1.82) is 0 Å². The Morgan fingerprint density at radius 1 is 1.29 bits per heavy atom. The Morgan fingerprint density at radius 3 is 2.75 bits per heavy atom. The Labute approximate surface area is 167 Å². The molecule has 152 valence electrons. The van der Waals surface area contributed by atoms with Crippen LogP contribution in [0.1, 0.15) is 26.7 Å². The SMILES string of the molecule is CC(C)CCNC(=O)NC(=O)CSc1nc2ccccc2c(=O)n1CCCO. The first-order valence-electron chi connectivity index (χ1n) is 9.23. The molecule has 0 atom stereocenters. The van der Waals surface area contributed by atoms with Crippen molar-refractivity contribution in [2.45, 2.75) is 38.4 Å². The molecule has 0 spiro atoms. The van der Waals surface area contributed by atoms with Gasteiger partial charge in [0.2, 0.25) is 5.91 Å². The normalized spacial score (nSPS) is 11.0. The third-order valence-corrected chi connectivity index (χ3v) is 4.94. The Kier molecular flexibility index (Phi) is 8.46. The molecule has 3 amide bonds. The highest BCUT2D eigenvalue weighted by Gasteiger charge is 2.14. The molecular weight excluding hydrogens is 380 g/mol. The molecule has 0 saturated carbocycles. The van der Waals surface area contributed by atoms with Crippen molar-refractivity contribution in [3.63, 3.8) is 0 Å². The number of hydrogen-bond donors (Lipinski definition) is 3. The third-order valence-electron chi connectivity index (χ3n) is 3.96. The number of carbonyl (C=O) groups is 2. The lowest BCUT2D eigenvalue weighted by Gasteiger charge is -2.12. The smallest absolute Gasteiger partial charge is 0.321 e. The van der Waals surface area contributed by atoms with Crippen molar-refractivity contribution in [2.75, 3.05) is 18.9 Å². The van der Waals surface area contributed by atoms with Gasteiger partial charge >= 0.3 is 6.03 Å². The molecule has 9 heteroatoms. The lowest BCUT2D eigenvalue weighted by molar-refractivity contribution is -0.117. The van der Waals surface area contributed by atoms with Gasteiger partial charge in [0, 0.05) is 19.7 Å². The highest BCUT2D eigenvalue weighted by atomic mass is 32.2. The fourth-order valence-corrected chi connectivity index (χ4v) is 3.32. The van der Waals surface area contributed by atoms with Gasteiger partial charge in [-0.05, 0) is 30.9 Å². The van der Waals surface area contributed by atoms with E-state index in [0.717, 1.165) is 18.2 Å². The van der Waals surface area contributed by atoms with Crippen LogP contribution in [-0.4, -0.2) is 45.5 Å². The van der Waals surface area contributed by atoms with Crippen LogP contribution in [0.2, 0.25) is 0 Å². The van der Waals surface area contributed by atoms with Crippen LogP contribution < -0.4 is 16.2 Å². The lowest BCUT2D eigenvalue weighted by Crippen LogP contribution is -2.41. The van der Waals surface area contributed by atoms with Crippen molar-refractivity contribution >= 4 is 34.6 Å². The number of hydrogen-bond acceptors (Lipinski definition) is 6. The van der Waals surface area contributed by atoms with E-state index in [1.165, 1.54) is 4.57 Å². The third kappa shape index (κ3) is 6.35. The van der Waals surface area contributed by atoms with E-state index in [9.17, 15) is 14.4 Å². The molecule has 1 heterocycles. The van der Waals surface area contributed by atoms with Crippen molar-refractivity contribution in [2.24, 2.45) is 5.92 Å². The number of carbonyl (C=O) groups excluding carboxylic acids is 2. The number of nitrogens with zero attached hydrogens (tertiary/aromatic N) is 2. The van der Waals surface area contributed by atoms with Crippen molar-refractivity contribution < 1.29 is 14.7 Å². The van der Waals surface area contributed by atoms with Crippen LogP contribution in [-0.2, 0) is 11.3 Å². The predicted octanol–water partition coefficient (Wildman–Crippen LogP) is 1.74. The monoisotopic (exact) mass is 406 g/mol. The first kappa shape index (κ1) is 21.9. The van der Waals surface area contributed by atoms with Crippen LogP contribution in [0.5, 0.6) is 0 Å². The standard InChI is InChI=1S/C19H26N4O4S/c1-13(2)8-9-20-18(27)22-16(25)12-28-19-21-15-7-4-3-6-14(15)17(26)23(19)10-5-11-24/h3-4,6-7,13,24H,5,8-12H2,1-2H3,(H2,20,22,25,27). The molecule has 0 radical (unpaired) electrons. The number of aliphatic hydroxyl groups excluding tert-OH is 1. The zero-order valence-corrected chi connectivity index (χ0v) is 16.9. The summed E-state index contributed by atoms with van der Waals surface area (Å²) in [4.78, 5) is 41.0. The van der Waals surface area contributed by atoms with Crippen LogP contribution in [0.4, 0.5) is 4.79 Å². The number of fused-ring (bicyclic) bond motifs is 1. The Balaban J connectivity index is 2.05. The molecule has 1 aromatic carbocycles. The summed E-state index contributed by atoms with van der Waals surface area (Å²) in [7, 11) is 0. The summed E-state index contributed by atoms with van der Waals surface area (Å²) in [5, 5.41) is 14.9. The molecule has 0 bridgehead atoms. The molecule has 3 N–H and O–H groups in total. The summed E-state index contributed by atoms with van der Waals surface area (Å²) in [6.45, 7) is 4.84. The molecular formula is C19H26N4O4S. The number of thioether (sulfide) groups is 1. The summed E-state index contributed by atoms with van der Waals surface area (Å²) >= 11 is 1.08. The minimum absolute atomic E-state index is 0.0541. The second-order valence-electron chi connectivity index (χ2n) is 6.72. The molecule has 0 unspecified atom stereocenters. The van der Waals surface area contributed by atoms with Gasteiger partial charge in [-0.15, -0.1) is 0 Å². The number of rotatable bonds is 9. The fraction of sp³-hybridized carbons (Fsp3) is 0.474. The highest BCUT2D eigenvalue weighted by molar-refractivity contribution is 7.99. The molecule has 0 fully saturated rings. The molecule has 28 heavy (non-hydrogen) atoms. The molecule has 2 aromatic rings. The van der Waals surface area contributed by atoms with E-state index in [0.29, 0.717) is 41.5 Å². The van der Waals surface area contributed by atoms with E-state index in [1.54, 1.807) is 24.3 Å². The van der Waals surface area contributed by atoms with Crippen molar-refractivity contribution in [1.82, 2.24) is 20.2 Å². The zero-order chi connectivity index (χ0) is 20.5. The molecule has 0 aliphatic rings. The van der Waals surface area contributed by atoms with E-state index in [4.69, 9.17) is 5.11 Å². The first-order valence-corrected chi connectivity index (χ1v) is 10.2. The summed E-state index contributed by atoms with van der Waals surface area (Å²) in [6.07, 6.45) is 1.23. The summed E-state index contributed by atoms with van der Waals surface area (Å²) in [5.41, 5.74) is 0.329. The number of urea groups is 1. The Morgan fingerprint density at radius 2 is 2.04 bits per heavy atom. The summed E-state index contributed by atoms with van der Waals surface area (Å²) < 4.78 is 1.46. The van der Waals surface area contributed by atoms with Gasteiger partial charge in [-0.3, -0.25) is 19.5 Å². The van der Waals surface area contributed by atoms with Gasteiger partial charge in [0.1, 0.15) is 0 Å². The number of benzene rings is 1. The van der Waals surface area contributed by atoms with Crippen molar-refractivity contribution in [3.8, 4) is 0 Å². The molecule has 8 nitrogen and oxygen atoms in total. The molecule has 1 aromatic heterocycles. The Hall–Kier alpha value is -2.39. The van der Waals surface area contributed by atoms with Gasteiger partial charge in [0.05, 0.1) is 16.7 Å². The number of para-hydroxylation sites is 1. The first-order chi connectivity index (χ1) is 13.4. The van der Waals surface area contributed by atoms with Gasteiger partial charge in [-0.25, -0.2) is 9.78 Å². The molecule has 2 rings (SSSR count).